The van der Waals surface area contributed by atoms with Gasteiger partial charge in [-0.15, -0.1) is 0 Å². The summed E-state index contributed by atoms with van der Waals surface area (Å²) >= 11 is 6.27. The van der Waals surface area contributed by atoms with E-state index in [1.54, 1.807) is 24.3 Å². The third kappa shape index (κ3) is 4.60. The van der Waals surface area contributed by atoms with Crippen LogP contribution in [0.2, 0.25) is 0 Å². The number of thioether (sulfide) groups is 1. The van der Waals surface area contributed by atoms with E-state index in [-0.39, 0.29) is 27.3 Å². The maximum atomic E-state index is 12.8. The number of carboxylic acid groups (broad SMARTS) is 1. The molecule has 2 aromatic rings. The van der Waals surface area contributed by atoms with Crippen molar-refractivity contribution in [2.24, 2.45) is 5.92 Å². The summed E-state index contributed by atoms with van der Waals surface area (Å²) in [5, 5.41) is 20.5. The molecule has 30 heavy (non-hydrogen) atoms. The Labute approximate surface area is 181 Å². The van der Waals surface area contributed by atoms with Crippen molar-refractivity contribution in [1.82, 2.24) is 4.90 Å². The Kier molecular flexibility index (Phi) is 6.37. The van der Waals surface area contributed by atoms with Crippen molar-refractivity contribution in [1.29, 1.82) is 0 Å². The minimum Gasteiger partial charge on any atom is -0.480 e. The fourth-order valence-corrected chi connectivity index (χ4v) is 4.34. The second-order valence-electron chi connectivity index (χ2n) is 7.04. The molecule has 1 amide bonds. The number of amides is 1. The normalized spacial score (nSPS) is 16.5. The number of non-ortho nitro benzene ring substituents is 1. The van der Waals surface area contributed by atoms with Gasteiger partial charge in [-0.1, -0.05) is 50.0 Å². The van der Waals surface area contributed by atoms with Gasteiger partial charge in [0.1, 0.15) is 21.9 Å². The fraction of sp³-hybridized carbons (Fsp3) is 0.250. The van der Waals surface area contributed by atoms with Gasteiger partial charge in [0.2, 0.25) is 0 Å². The van der Waals surface area contributed by atoms with E-state index in [0.717, 1.165) is 16.7 Å². The number of aliphatic carboxylic acids is 1. The molecule has 1 aliphatic rings. The molecule has 1 fully saturated rings. The van der Waals surface area contributed by atoms with Crippen LogP contribution in [-0.2, 0) is 9.59 Å². The molecule has 2 heterocycles. The summed E-state index contributed by atoms with van der Waals surface area (Å²) in [4.78, 5) is 36.3. The number of furan rings is 1. The smallest absolute Gasteiger partial charge is 0.326 e. The molecule has 0 aliphatic carbocycles. The van der Waals surface area contributed by atoms with Gasteiger partial charge >= 0.3 is 5.97 Å². The average molecular weight is 447 g/mol. The zero-order valence-electron chi connectivity index (χ0n) is 16.1. The molecular formula is C20H18N2O6S2. The minimum atomic E-state index is -1.10. The van der Waals surface area contributed by atoms with E-state index in [1.165, 1.54) is 18.2 Å². The second-order valence-corrected chi connectivity index (χ2v) is 8.72. The fourth-order valence-electron chi connectivity index (χ4n) is 3.00. The van der Waals surface area contributed by atoms with Gasteiger partial charge in [0.25, 0.3) is 11.6 Å². The Morgan fingerprint density at radius 2 is 2.10 bits per heavy atom. The van der Waals surface area contributed by atoms with Crippen molar-refractivity contribution in [2.45, 2.75) is 26.3 Å². The second kappa shape index (κ2) is 8.80. The summed E-state index contributed by atoms with van der Waals surface area (Å²) in [6.07, 6.45) is 1.78. The standard InChI is InChI=1S/C20H18N2O6S2/c1-11(2)8-15(19(24)25)21-18(23)17(30-20(21)29)10-14-6-7-16(28-14)12-4-3-5-13(9-12)22(26)27/h3-7,9-11,15H,8H2,1-2H3,(H,24,25). The summed E-state index contributed by atoms with van der Waals surface area (Å²) < 4.78 is 5.90. The number of carboxylic acids is 1. The summed E-state index contributed by atoms with van der Waals surface area (Å²) in [6, 6.07) is 8.26. The molecule has 1 N–H and O–H groups in total. The molecule has 1 atom stereocenters. The van der Waals surface area contributed by atoms with Gasteiger partial charge in [-0.05, 0) is 24.5 Å². The van der Waals surface area contributed by atoms with E-state index in [4.69, 9.17) is 16.6 Å². The van der Waals surface area contributed by atoms with Crippen LogP contribution in [0.3, 0.4) is 0 Å². The van der Waals surface area contributed by atoms with Crippen LogP contribution in [0.4, 0.5) is 5.69 Å². The number of thiocarbonyl (C=S) groups is 1. The number of nitrogens with zero attached hydrogens (tertiary/aromatic N) is 2. The number of hydrogen-bond donors (Lipinski definition) is 1. The van der Waals surface area contributed by atoms with E-state index in [2.05, 4.69) is 0 Å². The topological polar surface area (TPSA) is 114 Å². The van der Waals surface area contributed by atoms with Gasteiger partial charge < -0.3 is 9.52 Å². The highest BCUT2D eigenvalue weighted by molar-refractivity contribution is 8.26. The molecule has 0 saturated carbocycles. The number of carbonyl (C=O) groups excluding carboxylic acids is 1. The van der Waals surface area contributed by atoms with Crippen molar-refractivity contribution in [3.63, 3.8) is 0 Å². The highest BCUT2D eigenvalue weighted by Crippen LogP contribution is 2.36. The predicted molar refractivity (Wildman–Crippen MR) is 117 cm³/mol. The molecule has 10 heteroatoms. The number of benzene rings is 1. The lowest BCUT2D eigenvalue weighted by atomic mass is 10.0. The molecule has 1 aliphatic heterocycles. The van der Waals surface area contributed by atoms with Crippen molar-refractivity contribution in [3.8, 4) is 11.3 Å². The Balaban J connectivity index is 1.85. The Morgan fingerprint density at radius 1 is 1.37 bits per heavy atom. The number of nitro groups is 1. The number of carbonyl (C=O) groups is 2. The first-order valence-electron chi connectivity index (χ1n) is 9.02. The number of hydrogen-bond acceptors (Lipinski definition) is 7. The van der Waals surface area contributed by atoms with Crippen molar-refractivity contribution in [3.05, 3.63) is 57.2 Å². The molecule has 156 valence electrons. The van der Waals surface area contributed by atoms with Gasteiger partial charge in [-0.2, -0.15) is 0 Å². The molecule has 1 aromatic carbocycles. The zero-order valence-corrected chi connectivity index (χ0v) is 17.7. The monoisotopic (exact) mass is 446 g/mol. The molecule has 0 radical (unpaired) electrons. The van der Waals surface area contributed by atoms with E-state index >= 15 is 0 Å². The van der Waals surface area contributed by atoms with Crippen LogP contribution in [0.25, 0.3) is 17.4 Å². The number of rotatable bonds is 7. The van der Waals surface area contributed by atoms with E-state index in [0.29, 0.717) is 17.1 Å². The lowest BCUT2D eigenvalue weighted by molar-refractivity contribution is -0.384. The van der Waals surface area contributed by atoms with E-state index in [9.17, 15) is 24.8 Å². The first-order valence-corrected chi connectivity index (χ1v) is 10.2. The molecule has 1 aromatic heterocycles. The molecule has 0 spiro atoms. The van der Waals surface area contributed by atoms with E-state index < -0.39 is 22.8 Å². The first-order chi connectivity index (χ1) is 14.2. The van der Waals surface area contributed by atoms with Crippen LogP contribution in [0, 0.1) is 16.0 Å². The van der Waals surface area contributed by atoms with Crippen LogP contribution in [-0.4, -0.2) is 37.2 Å². The van der Waals surface area contributed by atoms with Crippen LogP contribution in [0.5, 0.6) is 0 Å². The van der Waals surface area contributed by atoms with Crippen molar-refractivity contribution >= 4 is 51.9 Å². The highest BCUT2D eigenvalue weighted by atomic mass is 32.2. The Morgan fingerprint density at radius 3 is 2.73 bits per heavy atom. The zero-order chi connectivity index (χ0) is 22.0. The van der Waals surface area contributed by atoms with Crippen molar-refractivity contribution in [2.75, 3.05) is 0 Å². The van der Waals surface area contributed by atoms with Gasteiger partial charge in [0, 0.05) is 23.8 Å². The largest absolute Gasteiger partial charge is 0.480 e. The minimum absolute atomic E-state index is 0.0591. The van der Waals surface area contributed by atoms with Crippen LogP contribution in [0.15, 0.2) is 45.7 Å². The maximum absolute atomic E-state index is 12.8. The molecule has 1 saturated heterocycles. The summed E-state index contributed by atoms with van der Waals surface area (Å²) in [7, 11) is 0. The molecule has 1 unspecified atom stereocenters. The molecule has 3 rings (SSSR count). The summed E-state index contributed by atoms with van der Waals surface area (Å²) in [5.41, 5.74) is 0.468. The van der Waals surface area contributed by atoms with Crippen LogP contribution >= 0.6 is 24.0 Å². The maximum Gasteiger partial charge on any atom is 0.326 e. The predicted octanol–water partition coefficient (Wildman–Crippen LogP) is 4.56. The quantitative estimate of drug-likeness (QED) is 0.285. The van der Waals surface area contributed by atoms with Gasteiger partial charge in [-0.3, -0.25) is 19.8 Å². The lowest BCUT2D eigenvalue weighted by Crippen LogP contribution is -2.44. The first kappa shape index (κ1) is 21.7. The van der Waals surface area contributed by atoms with Gasteiger partial charge in [0.15, 0.2) is 0 Å². The van der Waals surface area contributed by atoms with Gasteiger partial charge in [0.05, 0.1) is 9.83 Å². The molecule has 8 nitrogen and oxygen atoms in total. The third-order valence-corrected chi connectivity index (χ3v) is 5.69. The third-order valence-electron chi connectivity index (χ3n) is 4.36. The van der Waals surface area contributed by atoms with Crippen molar-refractivity contribution < 1.29 is 24.0 Å². The Bertz CT molecular complexity index is 1060. The number of nitro benzene ring substituents is 1. The Hall–Kier alpha value is -2.98. The van der Waals surface area contributed by atoms with E-state index in [1.807, 2.05) is 13.8 Å². The lowest BCUT2D eigenvalue weighted by Gasteiger charge is -2.24. The molecular weight excluding hydrogens is 428 g/mol. The SMILES string of the molecule is CC(C)CC(C(=O)O)N1C(=O)C(=Cc2ccc(-c3cccc([N+](=O)[O-])c3)o2)SC1=S. The van der Waals surface area contributed by atoms with Gasteiger partial charge in [-0.25, -0.2) is 4.79 Å². The average Bonchev–Trinajstić information content (AvgIpc) is 3.25. The summed E-state index contributed by atoms with van der Waals surface area (Å²) in [6.45, 7) is 3.75. The summed E-state index contributed by atoms with van der Waals surface area (Å²) in [5.74, 6) is -0.753. The van der Waals surface area contributed by atoms with Crippen LogP contribution < -0.4 is 0 Å². The highest BCUT2D eigenvalue weighted by Gasteiger charge is 2.40. The van der Waals surface area contributed by atoms with Crippen LogP contribution in [0.1, 0.15) is 26.0 Å². The molecule has 0 bridgehead atoms.